The molecule has 0 saturated heterocycles. The molecule has 3 rings (SSSR count). The normalized spacial score (nSPS) is 14.6. The van der Waals surface area contributed by atoms with Crippen LogP contribution in [-0.4, -0.2) is 32.2 Å². The minimum absolute atomic E-state index is 0.824. The molecule has 4 heteroatoms. The summed E-state index contributed by atoms with van der Waals surface area (Å²) in [5, 5.41) is 0. The molecular formula is C21H23BN2O. The van der Waals surface area contributed by atoms with Crippen LogP contribution >= 0.6 is 0 Å². The molecule has 0 unspecified atom stereocenters. The summed E-state index contributed by atoms with van der Waals surface area (Å²) >= 11 is 0. The zero-order valence-corrected chi connectivity index (χ0v) is 15.1. The SMILES string of the molecule is BC1=C(C)N=C(c2ccccc2OC)N(CCc2ccccc2)C1=C. The molecule has 126 valence electrons. The Morgan fingerprint density at radius 3 is 2.48 bits per heavy atom. The monoisotopic (exact) mass is 330 g/mol. The van der Waals surface area contributed by atoms with Gasteiger partial charge in [0, 0.05) is 17.9 Å². The van der Waals surface area contributed by atoms with E-state index in [1.54, 1.807) is 7.11 Å². The van der Waals surface area contributed by atoms with Crippen LogP contribution in [0.2, 0.25) is 0 Å². The van der Waals surface area contributed by atoms with Crippen molar-refractivity contribution in [3.05, 3.63) is 89.2 Å². The lowest BCUT2D eigenvalue weighted by Crippen LogP contribution is -2.36. The molecule has 2 aromatic carbocycles. The smallest absolute Gasteiger partial charge is 0.144 e. The van der Waals surface area contributed by atoms with Gasteiger partial charge < -0.3 is 9.64 Å². The Morgan fingerprint density at radius 2 is 1.76 bits per heavy atom. The quantitative estimate of drug-likeness (QED) is 0.785. The molecule has 1 heterocycles. The summed E-state index contributed by atoms with van der Waals surface area (Å²) < 4.78 is 5.55. The second kappa shape index (κ2) is 7.43. The molecule has 3 nitrogen and oxygen atoms in total. The number of aliphatic imine (C=N–C) groups is 1. The lowest BCUT2D eigenvalue weighted by Gasteiger charge is -2.33. The number of methoxy groups -OCH3 is 1. The Kier molecular flexibility index (Phi) is 5.08. The predicted octanol–water partition coefficient (Wildman–Crippen LogP) is 3.38. The zero-order valence-electron chi connectivity index (χ0n) is 15.1. The second-order valence-corrected chi connectivity index (χ2v) is 6.18. The maximum absolute atomic E-state index is 5.55. The van der Waals surface area contributed by atoms with E-state index in [0.29, 0.717) is 0 Å². The van der Waals surface area contributed by atoms with Crippen molar-refractivity contribution in [1.29, 1.82) is 0 Å². The van der Waals surface area contributed by atoms with Crippen molar-refractivity contribution in [2.45, 2.75) is 13.3 Å². The van der Waals surface area contributed by atoms with E-state index >= 15 is 0 Å². The summed E-state index contributed by atoms with van der Waals surface area (Å²) in [4.78, 5) is 7.07. The van der Waals surface area contributed by atoms with Gasteiger partial charge in [0.2, 0.25) is 0 Å². The van der Waals surface area contributed by atoms with E-state index in [4.69, 9.17) is 9.73 Å². The molecular weight excluding hydrogens is 307 g/mol. The summed E-state index contributed by atoms with van der Waals surface area (Å²) in [6, 6.07) is 18.5. The second-order valence-electron chi connectivity index (χ2n) is 6.18. The molecule has 1 aliphatic rings. The lowest BCUT2D eigenvalue weighted by atomic mass is 9.88. The number of ether oxygens (including phenoxy) is 1. The average molecular weight is 330 g/mol. The Balaban J connectivity index is 1.96. The fourth-order valence-electron chi connectivity index (χ4n) is 3.00. The molecule has 0 bridgehead atoms. The molecule has 0 amide bonds. The topological polar surface area (TPSA) is 24.8 Å². The van der Waals surface area contributed by atoms with Gasteiger partial charge in [0.1, 0.15) is 19.4 Å². The van der Waals surface area contributed by atoms with E-state index in [-0.39, 0.29) is 0 Å². The maximum Gasteiger partial charge on any atom is 0.144 e. The number of nitrogens with zero attached hydrogens (tertiary/aromatic N) is 2. The highest BCUT2D eigenvalue weighted by Gasteiger charge is 2.24. The minimum Gasteiger partial charge on any atom is -0.496 e. The zero-order chi connectivity index (χ0) is 17.8. The van der Waals surface area contributed by atoms with E-state index in [0.717, 1.165) is 47.0 Å². The Hall–Kier alpha value is -2.75. The first-order valence-corrected chi connectivity index (χ1v) is 8.52. The summed E-state index contributed by atoms with van der Waals surface area (Å²) in [6.45, 7) is 7.17. The molecule has 1 aliphatic heterocycles. The average Bonchev–Trinajstić information content (AvgIpc) is 2.66. The predicted molar refractivity (Wildman–Crippen MR) is 107 cm³/mol. The first kappa shape index (κ1) is 17.1. The van der Waals surface area contributed by atoms with Crippen molar-refractivity contribution in [2.24, 2.45) is 4.99 Å². The first-order chi connectivity index (χ1) is 12.1. The van der Waals surface area contributed by atoms with Crippen LogP contribution < -0.4 is 4.74 Å². The molecule has 0 radical (unpaired) electrons. The third-order valence-corrected chi connectivity index (χ3v) is 4.65. The highest BCUT2D eigenvalue weighted by molar-refractivity contribution is 6.26. The first-order valence-electron chi connectivity index (χ1n) is 8.52. The van der Waals surface area contributed by atoms with Crippen molar-refractivity contribution in [1.82, 2.24) is 4.90 Å². The van der Waals surface area contributed by atoms with Crippen LogP contribution in [0.3, 0.4) is 0 Å². The highest BCUT2D eigenvalue weighted by Crippen LogP contribution is 2.29. The third-order valence-electron chi connectivity index (χ3n) is 4.65. The van der Waals surface area contributed by atoms with Crippen LogP contribution in [-0.2, 0) is 6.42 Å². The van der Waals surface area contributed by atoms with Gasteiger partial charge in [-0.1, -0.05) is 49.0 Å². The van der Waals surface area contributed by atoms with Gasteiger partial charge in [0.25, 0.3) is 0 Å². The van der Waals surface area contributed by atoms with E-state index in [9.17, 15) is 0 Å². The molecule has 0 N–H and O–H groups in total. The Morgan fingerprint density at radius 1 is 1.08 bits per heavy atom. The van der Waals surface area contributed by atoms with Crippen LogP contribution in [0, 0.1) is 0 Å². The van der Waals surface area contributed by atoms with E-state index in [1.165, 1.54) is 5.56 Å². The molecule has 0 saturated carbocycles. The van der Waals surface area contributed by atoms with Crippen LogP contribution in [0.25, 0.3) is 0 Å². The molecule has 0 atom stereocenters. The van der Waals surface area contributed by atoms with Gasteiger partial charge in [-0.05, 0) is 36.5 Å². The van der Waals surface area contributed by atoms with Gasteiger partial charge in [-0.25, -0.2) is 4.99 Å². The molecule has 0 aliphatic carbocycles. The van der Waals surface area contributed by atoms with Crippen LogP contribution in [0.4, 0.5) is 0 Å². The molecule has 0 fully saturated rings. The summed E-state index contributed by atoms with van der Waals surface area (Å²) in [6.07, 6.45) is 0.931. The van der Waals surface area contributed by atoms with E-state index in [2.05, 4.69) is 43.6 Å². The van der Waals surface area contributed by atoms with Gasteiger partial charge in [-0.3, -0.25) is 0 Å². The summed E-state index contributed by atoms with van der Waals surface area (Å²) in [5.74, 6) is 1.73. The fraction of sp³-hybridized carbons (Fsp3) is 0.190. The number of allylic oxidation sites excluding steroid dienone is 2. The van der Waals surface area contributed by atoms with Gasteiger partial charge in [0.15, 0.2) is 0 Å². The van der Waals surface area contributed by atoms with Crippen molar-refractivity contribution in [3.63, 3.8) is 0 Å². The Bertz CT molecular complexity index is 840. The summed E-state index contributed by atoms with van der Waals surface area (Å²) in [5.41, 5.74) is 5.43. The fourth-order valence-corrected chi connectivity index (χ4v) is 3.00. The number of hydrogen-bond acceptors (Lipinski definition) is 3. The number of amidine groups is 1. The largest absolute Gasteiger partial charge is 0.496 e. The number of hydrogen-bond donors (Lipinski definition) is 0. The van der Waals surface area contributed by atoms with Crippen molar-refractivity contribution < 1.29 is 4.74 Å². The number of rotatable bonds is 5. The van der Waals surface area contributed by atoms with E-state index < -0.39 is 0 Å². The standard InChI is InChI=1S/C21H23BN2O/c1-15-20(22)16(2)24(14-13-17-9-5-4-6-10-17)21(23-15)18-11-7-8-12-19(18)25-3/h4-12H,2,13-14,22H2,1,3H3. The molecule has 0 aromatic heterocycles. The van der Waals surface area contributed by atoms with E-state index in [1.807, 2.05) is 37.3 Å². The van der Waals surface area contributed by atoms with Gasteiger partial charge in [-0.2, -0.15) is 0 Å². The van der Waals surface area contributed by atoms with Crippen molar-refractivity contribution in [2.75, 3.05) is 13.7 Å². The van der Waals surface area contributed by atoms with Gasteiger partial charge in [-0.15, -0.1) is 0 Å². The van der Waals surface area contributed by atoms with Crippen LogP contribution in [0.5, 0.6) is 5.75 Å². The van der Waals surface area contributed by atoms with Crippen molar-refractivity contribution >= 4 is 13.7 Å². The molecule has 0 spiro atoms. The summed E-state index contributed by atoms with van der Waals surface area (Å²) in [7, 11) is 3.77. The van der Waals surface area contributed by atoms with Crippen LogP contribution in [0.15, 0.2) is 83.0 Å². The highest BCUT2D eigenvalue weighted by atomic mass is 16.5. The van der Waals surface area contributed by atoms with Crippen molar-refractivity contribution in [3.8, 4) is 5.75 Å². The maximum atomic E-state index is 5.55. The lowest BCUT2D eigenvalue weighted by molar-refractivity contribution is 0.412. The third kappa shape index (κ3) is 3.53. The number of benzene rings is 2. The Labute approximate surface area is 150 Å². The molecule has 2 aromatic rings. The molecule has 25 heavy (non-hydrogen) atoms. The minimum atomic E-state index is 0.824. The van der Waals surface area contributed by atoms with Crippen LogP contribution in [0.1, 0.15) is 18.1 Å². The van der Waals surface area contributed by atoms with Gasteiger partial charge >= 0.3 is 0 Å². The van der Waals surface area contributed by atoms with Gasteiger partial charge in [0.05, 0.1) is 12.7 Å². The number of para-hydroxylation sites is 1.